The molecule has 0 amide bonds. The van der Waals surface area contributed by atoms with E-state index in [2.05, 4.69) is 15.0 Å². The van der Waals surface area contributed by atoms with E-state index in [0.717, 1.165) is 29.9 Å². The molecule has 4 heterocycles. The minimum Gasteiger partial charge on any atom is -0.486 e. The third-order valence-corrected chi connectivity index (χ3v) is 5.26. The maximum absolute atomic E-state index is 13.0. The topological polar surface area (TPSA) is 87.9 Å². The fraction of sp³-hybridized carbons (Fsp3) is 0.435. The van der Waals surface area contributed by atoms with Crippen molar-refractivity contribution in [2.45, 2.75) is 26.4 Å². The Labute approximate surface area is 185 Å². The molecule has 9 nitrogen and oxygen atoms in total. The van der Waals surface area contributed by atoms with Gasteiger partial charge in [0.1, 0.15) is 30.3 Å². The zero-order chi connectivity index (χ0) is 22.3. The Bertz CT molecular complexity index is 1160. The van der Waals surface area contributed by atoms with Crippen molar-refractivity contribution in [3.63, 3.8) is 0 Å². The first-order chi connectivity index (χ1) is 15.4. The molecule has 1 aromatic carbocycles. The van der Waals surface area contributed by atoms with Gasteiger partial charge in [-0.15, -0.1) is 0 Å². The van der Waals surface area contributed by atoms with Gasteiger partial charge in [0, 0.05) is 36.3 Å². The highest BCUT2D eigenvalue weighted by molar-refractivity contribution is 5.99. The van der Waals surface area contributed by atoms with Crippen molar-refractivity contribution in [2.75, 3.05) is 44.4 Å². The summed E-state index contributed by atoms with van der Waals surface area (Å²) in [7, 11) is 0. The number of aromatic nitrogens is 3. The van der Waals surface area contributed by atoms with Gasteiger partial charge in [0.2, 0.25) is 0 Å². The Balaban J connectivity index is 1.63. The number of morpholine rings is 1. The molecule has 2 aliphatic rings. The van der Waals surface area contributed by atoms with Crippen molar-refractivity contribution in [3.8, 4) is 22.8 Å². The van der Waals surface area contributed by atoms with Crippen LogP contribution < -0.4 is 14.4 Å². The van der Waals surface area contributed by atoms with Gasteiger partial charge in [-0.05, 0) is 39.0 Å². The minimum absolute atomic E-state index is 0.458. The molecule has 9 heteroatoms. The molecule has 3 aromatic rings. The first kappa shape index (κ1) is 20.6. The molecule has 0 saturated carbocycles. The molecule has 0 N–H and O–H groups in total. The summed E-state index contributed by atoms with van der Waals surface area (Å²) < 4.78 is 23.9. The maximum atomic E-state index is 13.0. The molecule has 1 saturated heterocycles. The molecule has 32 heavy (non-hydrogen) atoms. The lowest BCUT2D eigenvalue weighted by molar-refractivity contribution is 0.0523. The quantitative estimate of drug-likeness (QED) is 0.601. The largest absolute Gasteiger partial charge is 0.486 e. The van der Waals surface area contributed by atoms with E-state index in [0.29, 0.717) is 49.1 Å². The van der Waals surface area contributed by atoms with Gasteiger partial charge in [0.05, 0.1) is 18.7 Å². The summed E-state index contributed by atoms with van der Waals surface area (Å²) in [5.74, 6) is 2.07. The van der Waals surface area contributed by atoms with Gasteiger partial charge >= 0.3 is 6.09 Å². The van der Waals surface area contributed by atoms with Crippen LogP contribution in [0.5, 0.6) is 11.5 Å². The Morgan fingerprint density at radius 1 is 1.03 bits per heavy atom. The highest BCUT2D eigenvalue weighted by Gasteiger charge is 2.26. The van der Waals surface area contributed by atoms with Crippen LogP contribution >= 0.6 is 0 Å². The summed E-state index contributed by atoms with van der Waals surface area (Å²) >= 11 is 0. The number of hydrogen-bond donors (Lipinski definition) is 0. The summed E-state index contributed by atoms with van der Waals surface area (Å²) in [6.45, 7) is 9.32. The van der Waals surface area contributed by atoms with E-state index < -0.39 is 11.7 Å². The number of hydrogen-bond acceptors (Lipinski definition) is 8. The van der Waals surface area contributed by atoms with E-state index >= 15 is 0 Å². The van der Waals surface area contributed by atoms with E-state index in [1.54, 1.807) is 12.3 Å². The molecule has 168 valence electrons. The third-order valence-electron chi connectivity index (χ3n) is 5.26. The van der Waals surface area contributed by atoms with Crippen LogP contribution in [-0.4, -0.2) is 66.0 Å². The molecule has 1 fully saturated rings. The predicted molar refractivity (Wildman–Crippen MR) is 119 cm³/mol. The van der Waals surface area contributed by atoms with E-state index in [1.165, 1.54) is 4.68 Å². The summed E-state index contributed by atoms with van der Waals surface area (Å²) in [4.78, 5) is 19.7. The second-order valence-electron chi connectivity index (χ2n) is 8.76. The minimum atomic E-state index is -0.649. The number of ether oxygens (including phenoxy) is 4. The van der Waals surface area contributed by atoms with Gasteiger partial charge in [-0.25, -0.2) is 9.78 Å². The van der Waals surface area contributed by atoms with Gasteiger partial charge in [0.15, 0.2) is 11.5 Å². The van der Waals surface area contributed by atoms with E-state index in [9.17, 15) is 4.79 Å². The molecule has 0 atom stereocenters. The van der Waals surface area contributed by atoms with E-state index in [1.807, 2.05) is 39.0 Å². The summed E-state index contributed by atoms with van der Waals surface area (Å²) in [6.07, 6.45) is 1.21. The molecule has 0 aliphatic carbocycles. The standard InChI is InChI=1S/C23H26N4O5/c1-23(2,3)32-22(28)27-17-14-19-18(30-10-11-31-19)13-16(17)21(25-27)15-4-5-24-20(12-15)26-6-8-29-9-7-26/h4-5,12-14H,6-11H2,1-3H3. The lowest BCUT2D eigenvalue weighted by Crippen LogP contribution is -2.36. The highest BCUT2D eigenvalue weighted by Crippen LogP contribution is 2.39. The smallest absolute Gasteiger partial charge is 0.435 e. The van der Waals surface area contributed by atoms with Crippen molar-refractivity contribution in [2.24, 2.45) is 0 Å². The second kappa shape index (κ2) is 7.98. The normalized spacial score (nSPS) is 16.3. The highest BCUT2D eigenvalue weighted by atomic mass is 16.6. The van der Waals surface area contributed by atoms with Gasteiger partial charge in [-0.2, -0.15) is 9.78 Å². The first-order valence-corrected chi connectivity index (χ1v) is 10.7. The Kier molecular flexibility index (Phi) is 5.13. The number of fused-ring (bicyclic) bond motifs is 2. The fourth-order valence-electron chi connectivity index (χ4n) is 3.84. The lowest BCUT2D eigenvalue weighted by Gasteiger charge is -2.27. The van der Waals surface area contributed by atoms with Gasteiger partial charge < -0.3 is 23.8 Å². The summed E-state index contributed by atoms with van der Waals surface area (Å²) in [5.41, 5.74) is 1.46. The number of anilines is 1. The molecule has 2 aliphatic heterocycles. The van der Waals surface area contributed by atoms with Gasteiger partial charge in [-0.3, -0.25) is 0 Å². The number of rotatable bonds is 2. The molecule has 0 unspecified atom stereocenters. The first-order valence-electron chi connectivity index (χ1n) is 10.7. The van der Waals surface area contributed by atoms with Crippen LogP contribution in [0.25, 0.3) is 22.2 Å². The van der Waals surface area contributed by atoms with E-state index in [4.69, 9.17) is 18.9 Å². The number of carbonyl (C=O) groups excluding carboxylic acids is 1. The molecular formula is C23H26N4O5. The Hall–Kier alpha value is -3.33. The van der Waals surface area contributed by atoms with Crippen molar-refractivity contribution < 1.29 is 23.7 Å². The van der Waals surface area contributed by atoms with Crippen molar-refractivity contribution >= 4 is 22.8 Å². The second-order valence-corrected chi connectivity index (χ2v) is 8.76. The number of benzene rings is 1. The average molecular weight is 438 g/mol. The zero-order valence-corrected chi connectivity index (χ0v) is 18.5. The monoisotopic (exact) mass is 438 g/mol. The number of pyridine rings is 1. The Morgan fingerprint density at radius 3 is 2.47 bits per heavy atom. The van der Waals surface area contributed by atoms with Gasteiger partial charge in [0.25, 0.3) is 0 Å². The molecule has 5 rings (SSSR count). The van der Waals surface area contributed by atoms with Crippen LogP contribution in [0.15, 0.2) is 30.5 Å². The van der Waals surface area contributed by atoms with Crippen molar-refractivity contribution in [1.82, 2.24) is 14.8 Å². The molecule has 0 spiro atoms. The van der Waals surface area contributed by atoms with Crippen LogP contribution in [0, 0.1) is 0 Å². The molecule has 0 bridgehead atoms. The SMILES string of the molecule is CC(C)(C)OC(=O)n1nc(-c2ccnc(N3CCOCC3)c2)c2cc3c(cc21)OCCO3. The number of carbonyl (C=O) groups is 1. The lowest BCUT2D eigenvalue weighted by atomic mass is 10.1. The van der Waals surface area contributed by atoms with Gasteiger partial charge in [-0.1, -0.05) is 0 Å². The predicted octanol–water partition coefficient (Wildman–Crippen LogP) is 3.49. The average Bonchev–Trinajstić information content (AvgIpc) is 3.16. The summed E-state index contributed by atoms with van der Waals surface area (Å²) in [5, 5.41) is 5.44. The molecule has 2 aromatic heterocycles. The zero-order valence-electron chi connectivity index (χ0n) is 18.5. The van der Waals surface area contributed by atoms with E-state index in [-0.39, 0.29) is 0 Å². The van der Waals surface area contributed by atoms with Crippen LogP contribution in [0.3, 0.4) is 0 Å². The Morgan fingerprint density at radius 2 is 1.75 bits per heavy atom. The summed E-state index contributed by atoms with van der Waals surface area (Å²) in [6, 6.07) is 7.54. The van der Waals surface area contributed by atoms with Crippen LogP contribution in [0.1, 0.15) is 20.8 Å². The number of nitrogens with zero attached hydrogens (tertiary/aromatic N) is 4. The fourth-order valence-corrected chi connectivity index (χ4v) is 3.84. The molecular weight excluding hydrogens is 412 g/mol. The van der Waals surface area contributed by atoms with Crippen LogP contribution in [0.2, 0.25) is 0 Å². The van der Waals surface area contributed by atoms with Crippen molar-refractivity contribution in [1.29, 1.82) is 0 Å². The van der Waals surface area contributed by atoms with Crippen LogP contribution in [-0.2, 0) is 9.47 Å². The van der Waals surface area contributed by atoms with Crippen LogP contribution in [0.4, 0.5) is 10.6 Å². The molecule has 0 radical (unpaired) electrons. The van der Waals surface area contributed by atoms with Crippen molar-refractivity contribution in [3.05, 3.63) is 30.5 Å². The maximum Gasteiger partial charge on any atom is 0.435 e. The third kappa shape index (κ3) is 3.95.